The molecule has 0 aliphatic carbocycles. The van der Waals surface area contributed by atoms with Gasteiger partial charge >= 0.3 is 0 Å². The molecule has 3 N–H and O–H groups in total. The normalized spacial score (nSPS) is 10.9. The van der Waals surface area contributed by atoms with Gasteiger partial charge in [-0.2, -0.15) is 0 Å². The van der Waals surface area contributed by atoms with Gasteiger partial charge in [0.1, 0.15) is 17.8 Å². The molecule has 12 heteroatoms. The van der Waals surface area contributed by atoms with Crippen molar-refractivity contribution in [3.63, 3.8) is 0 Å². The van der Waals surface area contributed by atoms with E-state index in [2.05, 4.69) is 30.6 Å². The van der Waals surface area contributed by atoms with Gasteiger partial charge in [0.2, 0.25) is 5.95 Å². The minimum Gasteiger partial charge on any atom is -0.368 e. The molecule has 5 aromatic rings. The molecule has 0 saturated heterocycles. The summed E-state index contributed by atoms with van der Waals surface area (Å²) in [6, 6.07) is 15.9. The van der Waals surface area contributed by atoms with Gasteiger partial charge in [0, 0.05) is 35.9 Å². The van der Waals surface area contributed by atoms with Crippen molar-refractivity contribution < 1.29 is 4.92 Å². The molecule has 10 nitrogen and oxygen atoms in total. The van der Waals surface area contributed by atoms with Crippen LogP contribution in [0.25, 0.3) is 33.7 Å². The van der Waals surface area contributed by atoms with E-state index < -0.39 is 4.92 Å². The Morgan fingerprint density at radius 1 is 0.917 bits per heavy atom. The molecule has 2 aromatic carbocycles. The summed E-state index contributed by atoms with van der Waals surface area (Å²) in [5.74, 6) is 1.54. The first kappa shape index (κ1) is 23.5. The van der Waals surface area contributed by atoms with Crippen LogP contribution in [0.15, 0.2) is 67.0 Å². The number of aromatic amines is 1. The van der Waals surface area contributed by atoms with Gasteiger partial charge in [0.15, 0.2) is 0 Å². The van der Waals surface area contributed by atoms with Crippen molar-refractivity contribution in [3.8, 4) is 22.6 Å². The zero-order valence-electron chi connectivity index (χ0n) is 18.6. The highest BCUT2D eigenvalue weighted by molar-refractivity contribution is 6.36. The smallest absolute Gasteiger partial charge is 0.287 e. The van der Waals surface area contributed by atoms with Crippen LogP contribution in [0.4, 0.5) is 17.5 Å². The van der Waals surface area contributed by atoms with Crippen molar-refractivity contribution in [1.29, 1.82) is 0 Å². The van der Waals surface area contributed by atoms with Crippen LogP contribution in [0.3, 0.4) is 0 Å². The van der Waals surface area contributed by atoms with Gasteiger partial charge in [-0.05, 0) is 36.4 Å². The molecular weight excluding hydrogens is 503 g/mol. The quantitative estimate of drug-likeness (QED) is 0.132. The fraction of sp³-hybridized carbons (Fsp3) is 0.0833. The number of hydrogen-bond donors (Lipinski definition) is 3. The predicted molar refractivity (Wildman–Crippen MR) is 140 cm³/mol. The number of nitrogens with zero attached hydrogens (tertiary/aromatic N) is 5. The van der Waals surface area contributed by atoms with Gasteiger partial charge in [-0.3, -0.25) is 10.1 Å². The first-order valence-electron chi connectivity index (χ1n) is 10.8. The molecule has 5 rings (SSSR count). The SMILES string of the molecule is O=[N+]([O-])c1ccc(NCCNc2ncc(-c3nc4ccccc4[nH]3)c(-c3ccc(Cl)cc3Cl)n2)nc1. The third-order valence-electron chi connectivity index (χ3n) is 5.29. The minimum absolute atomic E-state index is 0.0648. The number of aromatic nitrogens is 5. The van der Waals surface area contributed by atoms with Gasteiger partial charge in [-0.15, -0.1) is 0 Å². The molecule has 0 aliphatic rings. The molecule has 0 spiro atoms. The summed E-state index contributed by atoms with van der Waals surface area (Å²) in [7, 11) is 0. The van der Waals surface area contributed by atoms with Crippen LogP contribution in [0.2, 0.25) is 10.0 Å². The molecule has 0 fully saturated rings. The molecule has 0 bridgehead atoms. The highest BCUT2D eigenvalue weighted by Crippen LogP contribution is 2.35. The van der Waals surface area contributed by atoms with E-state index in [9.17, 15) is 10.1 Å². The van der Waals surface area contributed by atoms with Gasteiger partial charge in [-0.25, -0.2) is 19.9 Å². The van der Waals surface area contributed by atoms with Crippen molar-refractivity contribution in [2.75, 3.05) is 23.7 Å². The maximum atomic E-state index is 10.8. The largest absolute Gasteiger partial charge is 0.368 e. The average molecular weight is 521 g/mol. The Morgan fingerprint density at radius 2 is 1.75 bits per heavy atom. The second-order valence-corrected chi connectivity index (χ2v) is 8.54. The van der Waals surface area contributed by atoms with E-state index in [1.807, 2.05) is 30.3 Å². The number of nitrogens with one attached hydrogen (secondary N) is 3. The van der Waals surface area contributed by atoms with Crippen molar-refractivity contribution in [3.05, 3.63) is 87.2 Å². The van der Waals surface area contributed by atoms with E-state index in [4.69, 9.17) is 28.2 Å². The number of benzene rings is 2. The molecule has 0 saturated carbocycles. The Bertz CT molecular complexity index is 1520. The van der Waals surface area contributed by atoms with E-state index in [0.717, 1.165) is 11.0 Å². The number of halogens is 2. The highest BCUT2D eigenvalue weighted by Gasteiger charge is 2.17. The summed E-state index contributed by atoms with van der Waals surface area (Å²) in [6.45, 7) is 0.951. The lowest BCUT2D eigenvalue weighted by molar-refractivity contribution is -0.385. The molecule has 3 aromatic heterocycles. The van der Waals surface area contributed by atoms with E-state index in [-0.39, 0.29) is 5.69 Å². The Balaban J connectivity index is 1.38. The molecule has 180 valence electrons. The second kappa shape index (κ2) is 10.1. The van der Waals surface area contributed by atoms with Crippen molar-refractivity contribution in [1.82, 2.24) is 24.9 Å². The van der Waals surface area contributed by atoms with Crippen LogP contribution >= 0.6 is 23.2 Å². The zero-order chi connectivity index (χ0) is 25.1. The highest BCUT2D eigenvalue weighted by atomic mass is 35.5. The summed E-state index contributed by atoms with van der Waals surface area (Å²) in [5, 5.41) is 18.0. The second-order valence-electron chi connectivity index (χ2n) is 7.69. The molecular formula is C24H18Cl2N8O2. The van der Waals surface area contributed by atoms with Crippen LogP contribution in [0, 0.1) is 10.1 Å². The van der Waals surface area contributed by atoms with Gasteiger partial charge in [-0.1, -0.05) is 35.3 Å². The third-order valence-corrected chi connectivity index (χ3v) is 5.84. The van der Waals surface area contributed by atoms with Crippen LogP contribution in [-0.4, -0.2) is 42.9 Å². The molecule has 0 atom stereocenters. The van der Waals surface area contributed by atoms with Crippen molar-refractivity contribution in [2.24, 2.45) is 0 Å². The number of pyridine rings is 1. The average Bonchev–Trinajstić information content (AvgIpc) is 3.31. The number of para-hydroxylation sites is 2. The monoisotopic (exact) mass is 520 g/mol. The van der Waals surface area contributed by atoms with Crippen molar-refractivity contribution in [2.45, 2.75) is 0 Å². The fourth-order valence-corrected chi connectivity index (χ4v) is 4.07. The standard InChI is InChI=1S/C24H18Cl2N8O2/c25-14-5-7-16(18(26)11-14)22-17(23-31-19-3-1-2-4-20(19)32-23)13-30-24(33-22)28-10-9-27-21-8-6-15(12-29-21)34(35)36/h1-8,11-13H,9-10H2,(H,27,29)(H,31,32)(H,28,30,33). The first-order valence-corrected chi connectivity index (χ1v) is 11.6. The lowest BCUT2D eigenvalue weighted by atomic mass is 10.1. The lowest BCUT2D eigenvalue weighted by Crippen LogP contribution is -2.16. The van der Waals surface area contributed by atoms with Crippen LogP contribution in [0.1, 0.15) is 0 Å². The van der Waals surface area contributed by atoms with E-state index >= 15 is 0 Å². The Morgan fingerprint density at radius 3 is 2.50 bits per heavy atom. The summed E-state index contributed by atoms with van der Waals surface area (Å²) >= 11 is 12.6. The summed E-state index contributed by atoms with van der Waals surface area (Å²) in [4.78, 5) is 31.5. The molecule has 0 radical (unpaired) electrons. The topological polar surface area (TPSA) is 135 Å². The van der Waals surface area contributed by atoms with Gasteiger partial charge in [0.25, 0.3) is 5.69 Å². The number of fused-ring (bicyclic) bond motifs is 1. The van der Waals surface area contributed by atoms with Crippen LogP contribution < -0.4 is 10.6 Å². The Hall–Kier alpha value is -4.28. The number of hydrogen-bond acceptors (Lipinski definition) is 8. The number of H-pyrrole nitrogens is 1. The van der Waals surface area contributed by atoms with E-state index in [1.54, 1.807) is 24.4 Å². The van der Waals surface area contributed by atoms with Crippen LogP contribution in [-0.2, 0) is 0 Å². The molecule has 0 amide bonds. The maximum absolute atomic E-state index is 10.8. The fourth-order valence-electron chi connectivity index (χ4n) is 3.57. The number of anilines is 2. The molecule has 36 heavy (non-hydrogen) atoms. The maximum Gasteiger partial charge on any atom is 0.287 e. The summed E-state index contributed by atoms with van der Waals surface area (Å²) in [5.41, 5.74) is 3.63. The van der Waals surface area contributed by atoms with E-state index in [0.29, 0.717) is 57.5 Å². The Labute approximate surface area is 214 Å². The summed E-state index contributed by atoms with van der Waals surface area (Å²) in [6.07, 6.45) is 2.90. The summed E-state index contributed by atoms with van der Waals surface area (Å²) < 4.78 is 0. The first-order chi connectivity index (χ1) is 17.5. The minimum atomic E-state index is -0.491. The van der Waals surface area contributed by atoms with E-state index in [1.165, 1.54) is 12.3 Å². The van der Waals surface area contributed by atoms with Crippen LogP contribution in [0.5, 0.6) is 0 Å². The van der Waals surface area contributed by atoms with Crippen molar-refractivity contribution >= 4 is 51.7 Å². The molecule has 3 heterocycles. The molecule has 0 unspecified atom stereocenters. The number of nitro groups is 1. The van der Waals surface area contributed by atoms with Gasteiger partial charge < -0.3 is 15.6 Å². The number of rotatable bonds is 8. The predicted octanol–water partition coefficient (Wildman–Crippen LogP) is 5.82. The lowest BCUT2D eigenvalue weighted by Gasteiger charge is -2.12. The third kappa shape index (κ3) is 5.04. The Kier molecular flexibility index (Phi) is 6.61. The molecule has 0 aliphatic heterocycles. The number of imidazole rings is 1. The van der Waals surface area contributed by atoms with Gasteiger partial charge in [0.05, 0.1) is 32.2 Å². The zero-order valence-corrected chi connectivity index (χ0v) is 20.1.